The highest BCUT2D eigenvalue weighted by Gasteiger charge is 2.01. The van der Waals surface area contributed by atoms with Gasteiger partial charge in [-0.15, -0.1) is 0 Å². The molecule has 0 aliphatic carbocycles. The van der Waals surface area contributed by atoms with Crippen LogP contribution in [0.15, 0.2) is 24.3 Å². The smallest absolute Gasteiger partial charge is 0.328 e. The number of rotatable bonds is 9. The molecule has 0 aliphatic heterocycles. The van der Waals surface area contributed by atoms with Gasteiger partial charge >= 0.3 is 47.8 Å². The standard InChI is InChI=1S/C4H6O4.2C4H4O4.C3H4O4/c3*5-3(6)1-2-4(7)8;4-2(5)1-3(6)7/h1-2H2,(H,5,6)(H,7,8);2*1-2H,(H,5,6)(H,7,8);1H2,(H,4,5)(H,6,7). The summed E-state index contributed by atoms with van der Waals surface area (Å²) in [5, 5.41) is 62.5. The second-order valence-corrected chi connectivity index (χ2v) is 4.27. The van der Waals surface area contributed by atoms with Gasteiger partial charge in [-0.25, -0.2) is 19.2 Å². The number of carbonyl (C=O) groups is 8. The minimum atomic E-state index is -1.31. The molecule has 0 heterocycles. The zero-order valence-corrected chi connectivity index (χ0v) is 15.3. The molecule has 8 N–H and O–H groups in total. The molecule has 0 saturated carbocycles. The third-order valence-electron chi connectivity index (χ3n) is 1.59. The van der Waals surface area contributed by atoms with Gasteiger partial charge in [-0.1, -0.05) is 0 Å². The maximum atomic E-state index is 9.64. The summed E-state index contributed by atoms with van der Waals surface area (Å²) in [5.74, 6) is -9.81. The van der Waals surface area contributed by atoms with E-state index in [0.717, 1.165) is 0 Å². The topological polar surface area (TPSA) is 298 Å². The first-order valence-corrected chi connectivity index (χ1v) is 7.16. The SMILES string of the molecule is O=C(O)C=CC(=O)O.O=C(O)C=CC(=O)O.O=C(O)CC(=O)O.O=C(O)CCC(=O)O. The average Bonchev–Trinajstić information content (AvgIpc) is 2.57. The van der Waals surface area contributed by atoms with E-state index in [1.165, 1.54) is 0 Å². The van der Waals surface area contributed by atoms with E-state index in [4.69, 9.17) is 40.9 Å². The van der Waals surface area contributed by atoms with Gasteiger partial charge in [0.05, 0.1) is 12.8 Å². The first-order valence-electron chi connectivity index (χ1n) is 7.16. The van der Waals surface area contributed by atoms with E-state index < -0.39 is 54.2 Å². The molecule has 0 radical (unpaired) electrons. The van der Waals surface area contributed by atoms with Crippen molar-refractivity contribution in [1.29, 1.82) is 0 Å². The van der Waals surface area contributed by atoms with Crippen molar-refractivity contribution in [2.45, 2.75) is 19.3 Å². The predicted octanol–water partition coefficient (Wildman–Crippen LogP) is -1.09. The van der Waals surface area contributed by atoms with Crippen LogP contribution in [0.2, 0.25) is 0 Å². The van der Waals surface area contributed by atoms with Crippen molar-refractivity contribution in [1.82, 2.24) is 0 Å². The van der Waals surface area contributed by atoms with Crippen molar-refractivity contribution in [3.8, 4) is 0 Å². The molecule has 31 heavy (non-hydrogen) atoms. The van der Waals surface area contributed by atoms with Crippen molar-refractivity contribution < 1.29 is 79.2 Å². The second-order valence-electron chi connectivity index (χ2n) is 4.27. The fraction of sp³-hybridized carbons (Fsp3) is 0.200. The highest BCUT2D eigenvalue weighted by molar-refractivity contribution is 5.90. The molecule has 0 amide bonds. The van der Waals surface area contributed by atoms with E-state index in [9.17, 15) is 38.4 Å². The van der Waals surface area contributed by atoms with Crippen LogP contribution in [0.1, 0.15) is 19.3 Å². The van der Waals surface area contributed by atoms with Crippen molar-refractivity contribution in [3.63, 3.8) is 0 Å². The summed E-state index contributed by atoms with van der Waals surface area (Å²) in [6.07, 6.45) is 0.833. The van der Waals surface area contributed by atoms with Crippen molar-refractivity contribution in [2.75, 3.05) is 0 Å². The number of hydrogen-bond acceptors (Lipinski definition) is 8. The van der Waals surface area contributed by atoms with Gasteiger partial charge in [0.1, 0.15) is 6.42 Å². The first-order chi connectivity index (χ1) is 14.0. The Morgan fingerprint density at radius 2 is 0.581 bits per heavy atom. The number of carboxylic acid groups (broad SMARTS) is 8. The summed E-state index contributed by atoms with van der Waals surface area (Å²) in [5.41, 5.74) is 0. The van der Waals surface area contributed by atoms with Gasteiger partial charge in [-0.3, -0.25) is 19.2 Å². The fourth-order valence-electron chi connectivity index (χ4n) is 0.628. The Morgan fingerprint density at radius 1 is 0.387 bits per heavy atom. The second kappa shape index (κ2) is 21.5. The minimum absolute atomic E-state index is 0.296. The molecule has 0 atom stereocenters. The molecule has 0 spiro atoms. The molecule has 0 aromatic rings. The van der Waals surface area contributed by atoms with Gasteiger partial charge in [0.25, 0.3) is 0 Å². The van der Waals surface area contributed by atoms with Gasteiger partial charge < -0.3 is 40.9 Å². The summed E-state index contributed by atoms with van der Waals surface area (Å²) in [6.45, 7) is 0. The van der Waals surface area contributed by atoms with Gasteiger partial charge in [0, 0.05) is 24.3 Å². The summed E-state index contributed by atoms with van der Waals surface area (Å²) >= 11 is 0. The van der Waals surface area contributed by atoms with Crippen LogP contribution >= 0.6 is 0 Å². The maximum absolute atomic E-state index is 9.64. The molecular weight excluding hydrogens is 436 g/mol. The number of aliphatic carboxylic acids is 8. The fourth-order valence-corrected chi connectivity index (χ4v) is 0.628. The Labute approximate surface area is 171 Å². The molecule has 16 nitrogen and oxygen atoms in total. The predicted molar refractivity (Wildman–Crippen MR) is 93.2 cm³/mol. The molecule has 174 valence electrons. The molecule has 0 rings (SSSR count). The van der Waals surface area contributed by atoms with Crippen LogP contribution in [0.5, 0.6) is 0 Å². The molecule has 0 aliphatic rings. The van der Waals surface area contributed by atoms with Crippen molar-refractivity contribution in [3.05, 3.63) is 24.3 Å². The molecular formula is C15H18O16. The van der Waals surface area contributed by atoms with Gasteiger partial charge in [0.2, 0.25) is 0 Å². The molecule has 0 aromatic carbocycles. The molecule has 0 unspecified atom stereocenters. The average molecular weight is 454 g/mol. The summed E-state index contributed by atoms with van der Waals surface area (Å²) < 4.78 is 0. The number of hydrogen-bond donors (Lipinski definition) is 8. The van der Waals surface area contributed by atoms with E-state index >= 15 is 0 Å². The van der Waals surface area contributed by atoms with Crippen LogP contribution in [-0.4, -0.2) is 88.6 Å². The Balaban J connectivity index is -0.000000157. The maximum Gasteiger partial charge on any atom is 0.328 e. The normalized spacial score (nSPS) is 8.90. The van der Waals surface area contributed by atoms with E-state index in [1.54, 1.807) is 0 Å². The molecule has 0 fully saturated rings. The van der Waals surface area contributed by atoms with Gasteiger partial charge in [-0.2, -0.15) is 0 Å². The van der Waals surface area contributed by atoms with Crippen LogP contribution in [0, 0.1) is 0 Å². The minimum Gasteiger partial charge on any atom is -0.481 e. The van der Waals surface area contributed by atoms with E-state index in [0.29, 0.717) is 24.3 Å². The Bertz CT molecular complexity index is 623. The summed E-state index contributed by atoms with van der Waals surface area (Å²) in [4.78, 5) is 76.4. The lowest BCUT2D eigenvalue weighted by atomic mass is 10.3. The van der Waals surface area contributed by atoms with Crippen molar-refractivity contribution in [2.24, 2.45) is 0 Å². The van der Waals surface area contributed by atoms with Gasteiger partial charge in [0.15, 0.2) is 0 Å². The molecule has 0 bridgehead atoms. The summed E-state index contributed by atoms with van der Waals surface area (Å²) in [6, 6.07) is 0. The van der Waals surface area contributed by atoms with E-state index in [-0.39, 0.29) is 12.8 Å². The van der Waals surface area contributed by atoms with Crippen LogP contribution < -0.4 is 0 Å². The zero-order valence-electron chi connectivity index (χ0n) is 15.3. The van der Waals surface area contributed by atoms with Gasteiger partial charge in [-0.05, 0) is 0 Å². The van der Waals surface area contributed by atoms with Crippen molar-refractivity contribution >= 4 is 47.8 Å². The first kappa shape index (κ1) is 33.8. The highest BCUT2D eigenvalue weighted by atomic mass is 16.4. The van der Waals surface area contributed by atoms with Crippen LogP contribution in [-0.2, 0) is 38.4 Å². The summed E-state index contributed by atoms with van der Waals surface area (Å²) in [7, 11) is 0. The Kier molecular flexibility index (Phi) is 23.5. The largest absolute Gasteiger partial charge is 0.481 e. The van der Waals surface area contributed by atoms with Crippen LogP contribution in [0.3, 0.4) is 0 Å². The zero-order chi connectivity index (χ0) is 25.6. The monoisotopic (exact) mass is 454 g/mol. The lowest BCUT2D eigenvalue weighted by Crippen LogP contribution is -2.03. The lowest BCUT2D eigenvalue weighted by Gasteiger charge is -1.85. The molecule has 16 heteroatoms. The third kappa shape index (κ3) is 67.2. The van der Waals surface area contributed by atoms with Crippen LogP contribution in [0.4, 0.5) is 0 Å². The lowest BCUT2D eigenvalue weighted by molar-refractivity contribution is -0.147. The Morgan fingerprint density at radius 3 is 0.645 bits per heavy atom. The third-order valence-corrected chi connectivity index (χ3v) is 1.59. The molecule has 0 aromatic heterocycles. The van der Waals surface area contributed by atoms with Crippen LogP contribution in [0.25, 0.3) is 0 Å². The molecule has 0 saturated heterocycles. The van der Waals surface area contributed by atoms with E-state index in [2.05, 4.69) is 0 Å². The number of carboxylic acids is 8. The Hall–Kier alpha value is -4.76. The van der Waals surface area contributed by atoms with E-state index in [1.807, 2.05) is 0 Å². The quantitative estimate of drug-likeness (QED) is 0.151. The highest BCUT2D eigenvalue weighted by Crippen LogP contribution is 1.86.